The van der Waals surface area contributed by atoms with Crippen LogP contribution in [-0.4, -0.2) is 37.5 Å². The van der Waals surface area contributed by atoms with Gasteiger partial charge in [-0.2, -0.15) is 0 Å². The van der Waals surface area contributed by atoms with Gasteiger partial charge >= 0.3 is 0 Å². The molecule has 0 fully saturated rings. The molecular formula is C20H20FN5OS. The van der Waals surface area contributed by atoms with E-state index >= 15 is 0 Å². The van der Waals surface area contributed by atoms with Crippen molar-refractivity contribution in [1.29, 1.82) is 0 Å². The molecule has 2 aromatic heterocycles. The summed E-state index contributed by atoms with van der Waals surface area (Å²) in [5.74, 6) is 0.685. The second-order valence-corrected chi connectivity index (χ2v) is 7.76. The number of hydrogen-bond donors (Lipinski definition) is 0. The molecule has 8 heteroatoms. The smallest absolute Gasteiger partial charge is 0.237 e. The molecule has 4 rings (SSSR count). The van der Waals surface area contributed by atoms with Gasteiger partial charge in [0.1, 0.15) is 5.82 Å². The van der Waals surface area contributed by atoms with E-state index in [0.29, 0.717) is 5.16 Å². The monoisotopic (exact) mass is 397 g/mol. The van der Waals surface area contributed by atoms with Crippen LogP contribution in [0.25, 0.3) is 11.4 Å². The molecule has 3 aromatic rings. The maximum Gasteiger partial charge on any atom is 0.237 e. The van der Waals surface area contributed by atoms with Gasteiger partial charge in [0.15, 0.2) is 11.0 Å². The summed E-state index contributed by atoms with van der Waals surface area (Å²) >= 11 is 1.35. The van der Waals surface area contributed by atoms with Crippen LogP contribution in [0.2, 0.25) is 0 Å². The van der Waals surface area contributed by atoms with Crippen LogP contribution in [0.1, 0.15) is 18.9 Å². The molecule has 0 spiro atoms. The minimum absolute atomic E-state index is 0.0153. The number of fused-ring (bicyclic) bond motifs is 1. The van der Waals surface area contributed by atoms with E-state index < -0.39 is 0 Å². The third-order valence-corrected chi connectivity index (χ3v) is 5.95. The van der Waals surface area contributed by atoms with Crippen LogP contribution in [0.3, 0.4) is 0 Å². The molecule has 6 nitrogen and oxygen atoms in total. The van der Waals surface area contributed by atoms with Gasteiger partial charge in [-0.25, -0.2) is 4.39 Å². The van der Waals surface area contributed by atoms with E-state index in [1.54, 1.807) is 23.4 Å². The Kier molecular flexibility index (Phi) is 5.13. The molecule has 0 bridgehead atoms. The van der Waals surface area contributed by atoms with Crippen LogP contribution in [0.15, 0.2) is 47.9 Å². The lowest BCUT2D eigenvalue weighted by molar-refractivity contribution is -0.116. The maximum atomic E-state index is 13.5. The molecule has 28 heavy (non-hydrogen) atoms. The van der Waals surface area contributed by atoms with Crippen molar-refractivity contribution in [2.75, 3.05) is 10.7 Å². The summed E-state index contributed by atoms with van der Waals surface area (Å²) in [5.41, 5.74) is 2.61. The van der Waals surface area contributed by atoms with Crippen molar-refractivity contribution in [1.82, 2.24) is 19.7 Å². The summed E-state index contributed by atoms with van der Waals surface area (Å²) in [5, 5.41) is 9.12. The van der Waals surface area contributed by atoms with E-state index in [-0.39, 0.29) is 23.5 Å². The number of amides is 1. The van der Waals surface area contributed by atoms with Crippen molar-refractivity contribution in [3.05, 3.63) is 54.1 Å². The first-order chi connectivity index (χ1) is 13.5. The van der Waals surface area contributed by atoms with Gasteiger partial charge in [-0.15, -0.1) is 10.2 Å². The quantitative estimate of drug-likeness (QED) is 0.631. The predicted octanol–water partition coefficient (Wildman–Crippen LogP) is 3.48. The highest BCUT2D eigenvalue weighted by Gasteiger charge is 2.28. The summed E-state index contributed by atoms with van der Waals surface area (Å²) in [6.07, 6.45) is 5.02. The number of halogens is 1. The topological polar surface area (TPSA) is 63.9 Å². The molecule has 1 aliphatic heterocycles. The minimum Gasteiger partial charge on any atom is -0.309 e. The van der Waals surface area contributed by atoms with E-state index in [2.05, 4.69) is 15.2 Å². The number of carbonyl (C=O) groups is 1. The fourth-order valence-corrected chi connectivity index (χ4v) is 4.26. The molecule has 0 radical (unpaired) electrons. The number of thioether (sulfide) groups is 1. The van der Waals surface area contributed by atoms with Gasteiger partial charge in [0, 0.05) is 36.7 Å². The van der Waals surface area contributed by atoms with Gasteiger partial charge in [0.25, 0.3) is 0 Å². The Morgan fingerprint density at radius 3 is 2.82 bits per heavy atom. The summed E-state index contributed by atoms with van der Waals surface area (Å²) in [6.45, 7) is 2.03. The third kappa shape index (κ3) is 3.52. The van der Waals surface area contributed by atoms with Gasteiger partial charge in [-0.3, -0.25) is 9.78 Å². The molecule has 0 saturated carbocycles. The van der Waals surface area contributed by atoms with Crippen molar-refractivity contribution in [3.63, 3.8) is 0 Å². The Bertz CT molecular complexity index is 1010. The maximum absolute atomic E-state index is 13.5. The molecule has 144 valence electrons. The number of nitrogens with zero attached hydrogens (tertiary/aromatic N) is 5. The van der Waals surface area contributed by atoms with Crippen molar-refractivity contribution in [2.24, 2.45) is 7.05 Å². The molecule has 0 N–H and O–H groups in total. The summed E-state index contributed by atoms with van der Waals surface area (Å²) < 4.78 is 15.4. The van der Waals surface area contributed by atoms with Crippen LogP contribution < -0.4 is 4.90 Å². The largest absolute Gasteiger partial charge is 0.309 e. The van der Waals surface area contributed by atoms with Gasteiger partial charge < -0.3 is 9.47 Å². The van der Waals surface area contributed by atoms with Gasteiger partial charge in [-0.1, -0.05) is 11.8 Å². The van der Waals surface area contributed by atoms with Gasteiger partial charge in [0.2, 0.25) is 5.91 Å². The Hall–Kier alpha value is -2.74. The summed E-state index contributed by atoms with van der Waals surface area (Å²) in [6, 6.07) is 8.46. The number of rotatable bonds is 4. The lowest BCUT2D eigenvalue weighted by Crippen LogP contribution is -2.43. The molecular weight excluding hydrogens is 377 g/mol. The molecule has 0 aliphatic carbocycles. The molecule has 0 saturated heterocycles. The Balaban J connectivity index is 1.51. The normalized spacial score (nSPS) is 16.1. The van der Waals surface area contributed by atoms with Crippen LogP contribution >= 0.6 is 11.8 Å². The Morgan fingerprint density at radius 2 is 2.04 bits per heavy atom. The number of hydrogen-bond acceptors (Lipinski definition) is 5. The van der Waals surface area contributed by atoms with E-state index in [1.807, 2.05) is 30.7 Å². The fraction of sp³-hybridized carbons (Fsp3) is 0.300. The first kappa shape index (κ1) is 18.6. The number of aryl methyl sites for hydroxylation is 1. The highest BCUT2D eigenvalue weighted by Crippen LogP contribution is 2.32. The highest BCUT2D eigenvalue weighted by molar-refractivity contribution is 7.99. The van der Waals surface area contributed by atoms with Gasteiger partial charge in [0.05, 0.1) is 5.75 Å². The molecule has 1 amide bonds. The zero-order valence-corrected chi connectivity index (χ0v) is 16.5. The average Bonchev–Trinajstić information content (AvgIpc) is 3.07. The van der Waals surface area contributed by atoms with Gasteiger partial charge in [-0.05, 0) is 55.7 Å². The first-order valence-corrected chi connectivity index (χ1v) is 10.1. The SMILES string of the molecule is C[C@H]1CCc2cc(F)ccc2N1C(=O)CSc1nnc(-c2ccncc2)n1C. The number of carbonyl (C=O) groups excluding carboxylic acids is 1. The second kappa shape index (κ2) is 7.71. The number of aromatic nitrogens is 4. The standard InChI is InChI=1S/C20H20FN5OS/c1-13-3-4-15-11-16(21)5-6-17(15)26(13)18(27)12-28-20-24-23-19(25(20)2)14-7-9-22-10-8-14/h5-11,13H,3-4,12H2,1-2H3/t13-/m0/s1. The zero-order chi connectivity index (χ0) is 19.7. The second-order valence-electron chi connectivity index (χ2n) is 6.81. The summed E-state index contributed by atoms with van der Waals surface area (Å²) in [7, 11) is 1.88. The van der Waals surface area contributed by atoms with E-state index in [4.69, 9.17) is 0 Å². The molecule has 0 unspecified atom stereocenters. The Labute approximate surface area is 166 Å². The lowest BCUT2D eigenvalue weighted by Gasteiger charge is -2.35. The van der Waals surface area contributed by atoms with Crippen molar-refractivity contribution in [2.45, 2.75) is 31.0 Å². The lowest BCUT2D eigenvalue weighted by atomic mass is 9.96. The Morgan fingerprint density at radius 1 is 1.25 bits per heavy atom. The van der Waals surface area contributed by atoms with E-state index in [1.165, 1.54) is 23.9 Å². The molecule has 1 aromatic carbocycles. The summed E-state index contributed by atoms with van der Waals surface area (Å²) in [4.78, 5) is 18.8. The average molecular weight is 397 g/mol. The number of benzene rings is 1. The first-order valence-electron chi connectivity index (χ1n) is 9.07. The van der Waals surface area contributed by atoms with Crippen LogP contribution in [0.5, 0.6) is 0 Å². The van der Waals surface area contributed by atoms with Crippen LogP contribution in [-0.2, 0) is 18.3 Å². The highest BCUT2D eigenvalue weighted by atomic mass is 32.2. The van der Waals surface area contributed by atoms with Crippen molar-refractivity contribution in [3.8, 4) is 11.4 Å². The molecule has 3 heterocycles. The minimum atomic E-state index is -0.266. The van der Waals surface area contributed by atoms with Crippen LogP contribution in [0, 0.1) is 5.82 Å². The van der Waals surface area contributed by atoms with Crippen molar-refractivity contribution >= 4 is 23.4 Å². The number of anilines is 1. The number of pyridine rings is 1. The van der Waals surface area contributed by atoms with Crippen molar-refractivity contribution < 1.29 is 9.18 Å². The zero-order valence-electron chi connectivity index (χ0n) is 15.7. The van der Waals surface area contributed by atoms with E-state index in [0.717, 1.165) is 35.5 Å². The fourth-order valence-electron chi connectivity index (χ4n) is 3.49. The predicted molar refractivity (Wildman–Crippen MR) is 107 cm³/mol. The van der Waals surface area contributed by atoms with E-state index in [9.17, 15) is 9.18 Å². The third-order valence-electron chi connectivity index (χ3n) is 4.94. The van der Waals surface area contributed by atoms with Crippen LogP contribution in [0.4, 0.5) is 10.1 Å². The molecule has 1 atom stereocenters. The molecule has 1 aliphatic rings.